The first-order chi connectivity index (χ1) is 8.30. The molecular weight excluding hydrogens is 214 g/mol. The van der Waals surface area contributed by atoms with Crippen molar-refractivity contribution >= 4 is 0 Å². The van der Waals surface area contributed by atoms with E-state index in [1.165, 1.54) is 0 Å². The molecule has 1 unspecified atom stereocenters. The van der Waals surface area contributed by atoms with E-state index in [9.17, 15) is 0 Å². The Labute approximate surface area is 102 Å². The average Bonchev–Trinajstić information content (AvgIpc) is 2.99. The van der Waals surface area contributed by atoms with Crippen LogP contribution in [0.2, 0.25) is 0 Å². The van der Waals surface area contributed by atoms with Crippen molar-refractivity contribution in [3.8, 4) is 0 Å². The van der Waals surface area contributed by atoms with Crippen LogP contribution in [0.5, 0.6) is 0 Å². The third kappa shape index (κ3) is 2.26. The summed E-state index contributed by atoms with van der Waals surface area (Å²) in [5, 5.41) is 7.84. The van der Waals surface area contributed by atoms with Crippen LogP contribution in [0.3, 0.4) is 0 Å². The average molecular weight is 233 g/mol. The summed E-state index contributed by atoms with van der Waals surface area (Å²) in [4.78, 5) is 0. The van der Waals surface area contributed by atoms with Crippen LogP contribution in [-0.4, -0.2) is 16.8 Å². The summed E-state index contributed by atoms with van der Waals surface area (Å²) in [5.41, 5.74) is 2.27. The van der Waals surface area contributed by atoms with Crippen LogP contribution < -0.4 is 5.32 Å². The fourth-order valence-electron chi connectivity index (χ4n) is 2.04. The SMILES string of the molecule is CCc1cc(C(NC)c2ccco2)n(CC)n1. The van der Waals surface area contributed by atoms with Crippen molar-refractivity contribution in [3.05, 3.63) is 41.6 Å². The Balaban J connectivity index is 2.39. The van der Waals surface area contributed by atoms with Gasteiger partial charge in [-0.2, -0.15) is 5.10 Å². The first-order valence-corrected chi connectivity index (χ1v) is 6.07. The molecule has 2 rings (SSSR count). The van der Waals surface area contributed by atoms with Gasteiger partial charge in [0.05, 0.1) is 17.7 Å². The van der Waals surface area contributed by atoms with Crippen molar-refractivity contribution < 1.29 is 4.42 Å². The zero-order valence-corrected chi connectivity index (χ0v) is 10.6. The number of aryl methyl sites for hydroxylation is 2. The minimum absolute atomic E-state index is 0.0674. The summed E-state index contributed by atoms with van der Waals surface area (Å²) in [7, 11) is 1.94. The van der Waals surface area contributed by atoms with Crippen LogP contribution in [0.1, 0.15) is 37.0 Å². The predicted molar refractivity (Wildman–Crippen MR) is 66.9 cm³/mol. The summed E-state index contributed by atoms with van der Waals surface area (Å²) in [6, 6.07) is 6.11. The third-order valence-electron chi connectivity index (χ3n) is 2.94. The molecule has 2 aromatic rings. The molecule has 4 nitrogen and oxygen atoms in total. The molecule has 17 heavy (non-hydrogen) atoms. The number of hydrogen-bond acceptors (Lipinski definition) is 3. The molecule has 1 atom stereocenters. The van der Waals surface area contributed by atoms with Crippen LogP contribution in [0.25, 0.3) is 0 Å². The number of hydrogen-bond donors (Lipinski definition) is 1. The highest BCUT2D eigenvalue weighted by Crippen LogP contribution is 2.23. The molecule has 0 saturated heterocycles. The minimum atomic E-state index is 0.0674. The molecule has 0 saturated carbocycles. The zero-order chi connectivity index (χ0) is 12.3. The van der Waals surface area contributed by atoms with E-state index in [1.807, 2.05) is 23.9 Å². The topological polar surface area (TPSA) is 43.0 Å². The highest BCUT2D eigenvalue weighted by atomic mass is 16.3. The molecule has 0 fully saturated rings. The van der Waals surface area contributed by atoms with E-state index < -0.39 is 0 Å². The summed E-state index contributed by atoms with van der Waals surface area (Å²) in [5.74, 6) is 0.921. The Morgan fingerprint density at radius 3 is 2.82 bits per heavy atom. The second-order valence-electron chi connectivity index (χ2n) is 3.97. The normalized spacial score (nSPS) is 12.9. The lowest BCUT2D eigenvalue weighted by Gasteiger charge is -2.14. The predicted octanol–water partition coefficient (Wildman–Crippen LogP) is 2.37. The molecular formula is C13H19N3O. The van der Waals surface area contributed by atoms with Crippen LogP contribution in [0, 0.1) is 0 Å². The van der Waals surface area contributed by atoms with Crippen molar-refractivity contribution in [2.45, 2.75) is 32.9 Å². The van der Waals surface area contributed by atoms with Crippen molar-refractivity contribution in [1.82, 2.24) is 15.1 Å². The van der Waals surface area contributed by atoms with Gasteiger partial charge in [-0.1, -0.05) is 6.92 Å². The van der Waals surface area contributed by atoms with E-state index in [0.29, 0.717) is 0 Å². The lowest BCUT2D eigenvalue weighted by molar-refractivity contribution is 0.443. The molecule has 2 heterocycles. The monoisotopic (exact) mass is 233 g/mol. The highest BCUT2D eigenvalue weighted by molar-refractivity contribution is 5.22. The molecule has 0 spiro atoms. The molecule has 4 heteroatoms. The highest BCUT2D eigenvalue weighted by Gasteiger charge is 2.19. The van der Waals surface area contributed by atoms with E-state index in [2.05, 4.69) is 30.3 Å². The van der Waals surface area contributed by atoms with Gasteiger partial charge in [-0.15, -0.1) is 0 Å². The Bertz CT molecular complexity index is 459. The first-order valence-electron chi connectivity index (χ1n) is 6.07. The fourth-order valence-corrected chi connectivity index (χ4v) is 2.04. The Hall–Kier alpha value is -1.55. The van der Waals surface area contributed by atoms with Gasteiger partial charge in [0.1, 0.15) is 11.8 Å². The maximum atomic E-state index is 5.48. The van der Waals surface area contributed by atoms with E-state index >= 15 is 0 Å². The van der Waals surface area contributed by atoms with E-state index in [0.717, 1.165) is 30.1 Å². The summed E-state index contributed by atoms with van der Waals surface area (Å²) >= 11 is 0. The Morgan fingerprint density at radius 1 is 1.47 bits per heavy atom. The second-order valence-corrected chi connectivity index (χ2v) is 3.97. The van der Waals surface area contributed by atoms with Crippen molar-refractivity contribution in [2.75, 3.05) is 7.05 Å². The molecule has 0 aliphatic carbocycles. The van der Waals surface area contributed by atoms with Gasteiger partial charge in [0, 0.05) is 6.54 Å². The van der Waals surface area contributed by atoms with Crippen molar-refractivity contribution in [2.24, 2.45) is 0 Å². The minimum Gasteiger partial charge on any atom is -0.467 e. The molecule has 92 valence electrons. The van der Waals surface area contributed by atoms with E-state index in [1.54, 1.807) is 6.26 Å². The molecule has 0 aliphatic heterocycles. The lowest BCUT2D eigenvalue weighted by atomic mass is 10.1. The first kappa shape index (κ1) is 11.9. The largest absolute Gasteiger partial charge is 0.467 e. The summed E-state index contributed by atoms with van der Waals surface area (Å²) < 4.78 is 7.51. The molecule has 2 aromatic heterocycles. The van der Waals surface area contributed by atoms with Gasteiger partial charge >= 0.3 is 0 Å². The van der Waals surface area contributed by atoms with Gasteiger partial charge in [-0.05, 0) is 38.6 Å². The van der Waals surface area contributed by atoms with Gasteiger partial charge in [0.25, 0.3) is 0 Å². The molecule has 1 N–H and O–H groups in total. The zero-order valence-electron chi connectivity index (χ0n) is 10.6. The van der Waals surface area contributed by atoms with E-state index in [-0.39, 0.29) is 6.04 Å². The van der Waals surface area contributed by atoms with Gasteiger partial charge in [0.2, 0.25) is 0 Å². The van der Waals surface area contributed by atoms with Crippen LogP contribution in [0.15, 0.2) is 28.9 Å². The molecule has 0 radical (unpaired) electrons. The van der Waals surface area contributed by atoms with Gasteiger partial charge < -0.3 is 9.73 Å². The maximum absolute atomic E-state index is 5.48. The van der Waals surface area contributed by atoms with Gasteiger partial charge in [-0.3, -0.25) is 4.68 Å². The van der Waals surface area contributed by atoms with Gasteiger partial charge in [-0.25, -0.2) is 0 Å². The van der Waals surface area contributed by atoms with E-state index in [4.69, 9.17) is 4.42 Å². The molecule has 0 amide bonds. The number of nitrogens with one attached hydrogen (secondary N) is 1. The van der Waals surface area contributed by atoms with Gasteiger partial charge in [0.15, 0.2) is 0 Å². The molecule has 0 bridgehead atoms. The number of aromatic nitrogens is 2. The summed E-state index contributed by atoms with van der Waals surface area (Å²) in [6.45, 7) is 5.09. The molecule has 0 aliphatic rings. The molecule has 0 aromatic carbocycles. The van der Waals surface area contributed by atoms with Crippen LogP contribution in [0.4, 0.5) is 0 Å². The van der Waals surface area contributed by atoms with Crippen molar-refractivity contribution in [3.63, 3.8) is 0 Å². The Kier molecular flexibility index (Phi) is 3.64. The maximum Gasteiger partial charge on any atom is 0.126 e. The number of furan rings is 1. The fraction of sp³-hybridized carbons (Fsp3) is 0.462. The van der Waals surface area contributed by atoms with Crippen LogP contribution in [-0.2, 0) is 13.0 Å². The quantitative estimate of drug-likeness (QED) is 0.862. The third-order valence-corrected chi connectivity index (χ3v) is 2.94. The Morgan fingerprint density at radius 2 is 2.29 bits per heavy atom. The lowest BCUT2D eigenvalue weighted by Crippen LogP contribution is -2.20. The van der Waals surface area contributed by atoms with Crippen LogP contribution >= 0.6 is 0 Å². The standard InChI is InChI=1S/C13H19N3O/c1-4-10-9-11(16(5-2)15-10)13(14-3)12-7-6-8-17-12/h6-9,13-14H,4-5H2,1-3H3. The number of nitrogens with zero attached hydrogens (tertiary/aromatic N) is 2. The summed E-state index contributed by atoms with van der Waals surface area (Å²) in [6.07, 6.45) is 2.65. The second kappa shape index (κ2) is 5.19. The smallest absolute Gasteiger partial charge is 0.126 e. The van der Waals surface area contributed by atoms with Crippen molar-refractivity contribution in [1.29, 1.82) is 0 Å². The number of rotatable bonds is 5.